The van der Waals surface area contributed by atoms with Crippen molar-refractivity contribution in [2.45, 2.75) is 26.5 Å². The van der Waals surface area contributed by atoms with Crippen molar-refractivity contribution in [2.24, 2.45) is 4.99 Å². The van der Waals surface area contributed by atoms with E-state index in [-0.39, 0.29) is 22.4 Å². The molecule has 0 saturated heterocycles. The first kappa shape index (κ1) is 39.5. The van der Waals surface area contributed by atoms with Gasteiger partial charge in [0.15, 0.2) is 16.7 Å². The quantitative estimate of drug-likeness (QED) is 0.0587. The van der Waals surface area contributed by atoms with Crippen molar-refractivity contribution in [3.05, 3.63) is 170 Å². The number of amides is 3. The van der Waals surface area contributed by atoms with Crippen LogP contribution in [-0.2, 0) is 21.0 Å². The van der Waals surface area contributed by atoms with Crippen molar-refractivity contribution in [2.75, 3.05) is 12.4 Å². The second kappa shape index (κ2) is 19.4. The molecule has 0 spiro atoms. The molecule has 1 aliphatic heterocycles. The van der Waals surface area contributed by atoms with E-state index in [9.17, 15) is 14.4 Å². The van der Waals surface area contributed by atoms with Crippen LogP contribution in [0.25, 0.3) is 6.08 Å². The first-order chi connectivity index (χ1) is 25.7. The third-order valence-electron chi connectivity index (χ3n) is 7.88. The summed E-state index contributed by atoms with van der Waals surface area (Å²) < 4.78 is 13.7. The molecule has 0 saturated carbocycles. The Balaban J connectivity index is 1.42. The lowest BCUT2D eigenvalue weighted by atomic mass is 9.99. The lowest BCUT2D eigenvalue weighted by molar-refractivity contribution is -0.126. The zero-order valence-electron chi connectivity index (χ0n) is 29.1. The predicted octanol–water partition coefficient (Wildman–Crippen LogP) is 9.42. The van der Waals surface area contributed by atoms with Gasteiger partial charge in [-0.3, -0.25) is 19.3 Å². The third kappa shape index (κ3) is 10.5. The van der Waals surface area contributed by atoms with Gasteiger partial charge < -0.3 is 14.8 Å². The van der Waals surface area contributed by atoms with Crippen LogP contribution < -0.4 is 14.8 Å². The van der Waals surface area contributed by atoms with E-state index in [1.165, 1.54) is 11.0 Å². The van der Waals surface area contributed by atoms with E-state index in [2.05, 4.69) is 55.4 Å². The number of halogens is 2. The number of hydrogen-bond donors (Lipinski definition) is 1. The van der Waals surface area contributed by atoms with Gasteiger partial charge in [0.05, 0.1) is 18.4 Å². The maximum atomic E-state index is 14.2. The number of allylic oxidation sites excluding steroid dienone is 4. The van der Waals surface area contributed by atoms with E-state index in [1.807, 2.05) is 91.9 Å². The maximum Gasteiger partial charge on any atom is 0.285 e. The normalized spacial score (nSPS) is 14.1. The fraction of sp³-hybridized carbons (Fsp3) is 0.143. The largest absolute Gasteiger partial charge is 0.490 e. The highest BCUT2D eigenvalue weighted by molar-refractivity contribution is 14.1. The van der Waals surface area contributed by atoms with Gasteiger partial charge in [0.2, 0.25) is 5.91 Å². The van der Waals surface area contributed by atoms with Crippen LogP contribution >= 0.6 is 50.3 Å². The van der Waals surface area contributed by atoms with Crippen LogP contribution in [-0.4, -0.2) is 40.1 Å². The summed E-state index contributed by atoms with van der Waals surface area (Å²) in [5.41, 5.74) is 3.66. The number of nitrogens with zero attached hydrogens (tertiary/aromatic N) is 2. The van der Waals surface area contributed by atoms with Gasteiger partial charge in [-0.15, -0.1) is 0 Å². The molecule has 53 heavy (non-hydrogen) atoms. The van der Waals surface area contributed by atoms with Crippen LogP contribution in [0.2, 0.25) is 0 Å². The van der Waals surface area contributed by atoms with E-state index in [4.69, 9.17) is 9.47 Å². The lowest BCUT2D eigenvalue weighted by Gasteiger charge is -2.28. The van der Waals surface area contributed by atoms with Gasteiger partial charge in [0.1, 0.15) is 12.2 Å². The number of carbonyl (C=O) groups excluding carboxylic acids is 3. The van der Waals surface area contributed by atoms with Crippen molar-refractivity contribution in [3.8, 4) is 11.5 Å². The number of thioether (sulfide) groups is 1. The molecule has 1 aliphatic rings. The molecule has 0 radical (unpaired) electrons. The minimum absolute atomic E-state index is 0.0819. The van der Waals surface area contributed by atoms with Crippen LogP contribution in [0.1, 0.15) is 42.1 Å². The van der Waals surface area contributed by atoms with Crippen molar-refractivity contribution in [3.63, 3.8) is 0 Å². The Morgan fingerprint density at radius 1 is 0.981 bits per heavy atom. The molecule has 0 aromatic heterocycles. The summed E-state index contributed by atoms with van der Waals surface area (Å²) in [6, 6.07) is 30.4. The van der Waals surface area contributed by atoms with E-state index >= 15 is 0 Å². The minimum Gasteiger partial charge on any atom is -0.490 e. The van der Waals surface area contributed by atoms with E-state index in [0.717, 1.165) is 32.0 Å². The van der Waals surface area contributed by atoms with Gasteiger partial charge in [-0.25, -0.2) is 0 Å². The van der Waals surface area contributed by atoms with Crippen LogP contribution in [0.5, 0.6) is 11.5 Å². The zero-order valence-corrected chi connectivity index (χ0v) is 33.7. The third-order valence-corrected chi connectivity index (χ3v) is 10.2. The highest BCUT2D eigenvalue weighted by atomic mass is 127. The number of benzene rings is 4. The second-order valence-electron chi connectivity index (χ2n) is 11.5. The molecule has 270 valence electrons. The summed E-state index contributed by atoms with van der Waals surface area (Å²) in [5.74, 6) is -0.751. The Labute approximate surface area is 336 Å². The van der Waals surface area contributed by atoms with Crippen molar-refractivity contribution < 1.29 is 23.9 Å². The maximum absolute atomic E-state index is 14.2. The molecular formula is C42H37BrIN3O5S. The molecule has 5 rings (SSSR count). The molecule has 0 aliphatic carbocycles. The summed E-state index contributed by atoms with van der Waals surface area (Å²) in [7, 11) is 0. The van der Waals surface area contributed by atoms with Gasteiger partial charge in [0.25, 0.3) is 11.8 Å². The Bertz CT molecular complexity index is 2040. The molecule has 0 atom stereocenters. The van der Waals surface area contributed by atoms with Crippen molar-refractivity contribution >= 4 is 79.2 Å². The number of amidine groups is 1. The van der Waals surface area contributed by atoms with E-state index in [1.54, 1.807) is 43.4 Å². The lowest BCUT2D eigenvalue weighted by Crippen LogP contribution is -2.42. The highest BCUT2D eigenvalue weighted by Gasteiger charge is 2.35. The first-order valence-corrected chi connectivity index (χ1v) is 19.6. The average Bonchev–Trinajstić information content (AvgIpc) is 3.17. The average molecular weight is 903 g/mol. The van der Waals surface area contributed by atoms with Gasteiger partial charge in [-0.1, -0.05) is 125 Å². The first-order valence-electron chi connectivity index (χ1n) is 16.7. The molecule has 0 bridgehead atoms. The Kier molecular flexibility index (Phi) is 14.4. The number of hydrogen-bond acceptors (Lipinski definition) is 6. The van der Waals surface area contributed by atoms with E-state index < -0.39 is 17.9 Å². The second-order valence-corrected chi connectivity index (χ2v) is 14.5. The molecular weight excluding hydrogens is 865 g/mol. The number of ether oxygens (including phenoxy) is 2. The predicted molar refractivity (Wildman–Crippen MR) is 224 cm³/mol. The molecule has 8 nitrogen and oxygen atoms in total. The van der Waals surface area contributed by atoms with Crippen LogP contribution in [0.3, 0.4) is 0 Å². The molecule has 0 fully saturated rings. The fourth-order valence-corrected chi connectivity index (χ4v) is 6.94. The molecule has 4 aromatic rings. The van der Waals surface area contributed by atoms with Crippen LogP contribution in [0.4, 0.5) is 0 Å². The molecule has 0 unspecified atom stereocenters. The minimum atomic E-state index is -0.729. The Hall–Kier alpha value is -4.72. The molecule has 1 heterocycles. The molecule has 3 amide bonds. The van der Waals surface area contributed by atoms with Crippen LogP contribution in [0.15, 0.2) is 149 Å². The van der Waals surface area contributed by atoms with E-state index in [0.29, 0.717) is 40.4 Å². The molecule has 4 aromatic carbocycles. The summed E-state index contributed by atoms with van der Waals surface area (Å²) in [6.45, 7) is 8.08. The van der Waals surface area contributed by atoms with Gasteiger partial charge in [-0.2, -0.15) is 4.99 Å². The summed E-state index contributed by atoms with van der Waals surface area (Å²) in [6.07, 6.45) is 8.17. The SMILES string of the molecule is C=C/C=C\C(=C/C)N1C(=O)/C(=C/c2cc(OCC)c(OCc3ccc(I)cc3)cc2Br)C(=O)N=C1SCC(=O)NC(c1ccccc1)c1ccccc1. The molecule has 1 N–H and O–H groups in total. The molecule has 11 heteroatoms. The van der Waals surface area contributed by atoms with Gasteiger partial charge >= 0.3 is 0 Å². The number of nitrogens with one attached hydrogen (secondary N) is 1. The monoisotopic (exact) mass is 901 g/mol. The summed E-state index contributed by atoms with van der Waals surface area (Å²) >= 11 is 6.86. The fourth-order valence-electron chi connectivity index (χ4n) is 5.33. The topological polar surface area (TPSA) is 97.3 Å². The summed E-state index contributed by atoms with van der Waals surface area (Å²) in [5, 5.41) is 3.19. The smallest absolute Gasteiger partial charge is 0.285 e. The Morgan fingerprint density at radius 2 is 1.62 bits per heavy atom. The Morgan fingerprint density at radius 3 is 2.23 bits per heavy atom. The van der Waals surface area contributed by atoms with Crippen molar-refractivity contribution in [1.82, 2.24) is 10.2 Å². The highest BCUT2D eigenvalue weighted by Crippen LogP contribution is 2.36. The summed E-state index contributed by atoms with van der Waals surface area (Å²) in [4.78, 5) is 47.0. The number of aliphatic imine (C=N–C) groups is 1. The van der Waals surface area contributed by atoms with Gasteiger partial charge in [0, 0.05) is 13.7 Å². The zero-order chi connectivity index (χ0) is 37.7. The van der Waals surface area contributed by atoms with Crippen molar-refractivity contribution in [1.29, 1.82) is 0 Å². The van der Waals surface area contributed by atoms with Gasteiger partial charge in [-0.05, 0) is 95.1 Å². The standard InChI is InChI=1S/C42H37BrIN3O5S/c1-4-7-18-33(5-2)47-41(50)34(23-31-24-36(51-6-3)37(25-35(31)43)52-26-28-19-21-32(44)22-20-28)40(49)46-42(47)53-27-38(48)45-39(29-14-10-8-11-15-29)30-16-12-9-13-17-30/h4-5,7-25,39H,1,6,26-27H2,2-3H3,(H,45,48)/b18-7-,33-5+,34-23+. The number of rotatable bonds is 14. The number of carbonyl (C=O) groups is 3. The van der Waals surface area contributed by atoms with Crippen LogP contribution in [0, 0.1) is 3.57 Å².